The molecule has 19 heavy (non-hydrogen) atoms. The zero-order chi connectivity index (χ0) is 13.7. The topological polar surface area (TPSA) is 74.7 Å². The van der Waals surface area contributed by atoms with Crippen molar-refractivity contribution in [1.29, 1.82) is 0 Å². The molecule has 1 aromatic rings. The van der Waals surface area contributed by atoms with Crippen molar-refractivity contribution < 1.29 is 14.6 Å². The zero-order valence-corrected chi connectivity index (χ0v) is 11.8. The number of nitrogens with one attached hydrogen (secondary N) is 1. The van der Waals surface area contributed by atoms with Crippen LogP contribution >= 0.6 is 11.5 Å². The second-order valence-electron chi connectivity index (χ2n) is 4.51. The normalized spacial score (nSPS) is 16.5. The first kappa shape index (κ1) is 14.2. The number of nitrogens with zero attached hydrogens (tertiary/aromatic N) is 2. The molecule has 0 aromatic carbocycles. The predicted molar refractivity (Wildman–Crippen MR) is 74.2 cm³/mol. The van der Waals surface area contributed by atoms with E-state index in [0.717, 1.165) is 45.8 Å². The fourth-order valence-electron chi connectivity index (χ4n) is 2.07. The summed E-state index contributed by atoms with van der Waals surface area (Å²) in [5, 5.41) is 12.9. The monoisotopic (exact) mass is 285 g/mol. The van der Waals surface area contributed by atoms with Crippen LogP contribution in [0.3, 0.4) is 0 Å². The number of carbonyl (C=O) groups is 1. The first-order valence-corrected chi connectivity index (χ1v) is 7.19. The molecule has 1 aliphatic rings. The van der Waals surface area contributed by atoms with Gasteiger partial charge < -0.3 is 15.2 Å². The van der Waals surface area contributed by atoms with Gasteiger partial charge in [0.15, 0.2) is 0 Å². The third kappa shape index (κ3) is 3.89. The highest BCUT2D eigenvalue weighted by Crippen LogP contribution is 2.24. The number of ether oxygens (including phenoxy) is 1. The average molecular weight is 285 g/mol. The Morgan fingerprint density at radius 2 is 2.26 bits per heavy atom. The molecule has 2 heterocycles. The van der Waals surface area contributed by atoms with E-state index in [1.807, 2.05) is 0 Å². The number of aryl methyl sites for hydroxylation is 1. The Hall–Kier alpha value is -1.18. The molecule has 106 valence electrons. The molecule has 7 heteroatoms. The van der Waals surface area contributed by atoms with E-state index in [0.29, 0.717) is 16.3 Å². The minimum atomic E-state index is -0.915. The molecular formula is C12H19N3O3S. The van der Waals surface area contributed by atoms with E-state index in [2.05, 4.69) is 14.6 Å². The number of rotatable bonds is 6. The second-order valence-corrected chi connectivity index (χ2v) is 5.29. The number of aromatic nitrogens is 1. The molecule has 0 atom stereocenters. The van der Waals surface area contributed by atoms with Crippen molar-refractivity contribution in [3.8, 4) is 0 Å². The van der Waals surface area contributed by atoms with Crippen LogP contribution in [0.5, 0.6) is 0 Å². The Labute approximate surface area is 116 Å². The molecule has 0 amide bonds. The van der Waals surface area contributed by atoms with E-state index in [4.69, 9.17) is 9.84 Å². The maximum atomic E-state index is 11.1. The van der Waals surface area contributed by atoms with Crippen LogP contribution < -0.4 is 5.32 Å². The molecule has 6 nitrogen and oxygen atoms in total. The van der Waals surface area contributed by atoms with Gasteiger partial charge in [-0.05, 0) is 31.4 Å². The minimum Gasteiger partial charge on any atom is -0.478 e. The van der Waals surface area contributed by atoms with Crippen molar-refractivity contribution >= 4 is 22.5 Å². The Bertz CT molecular complexity index is 430. The third-order valence-electron chi connectivity index (χ3n) is 3.12. The number of carboxylic acids is 1. The molecule has 0 spiro atoms. The number of anilines is 1. The molecule has 0 bridgehead atoms. The smallest absolute Gasteiger partial charge is 0.340 e. The first-order valence-electron chi connectivity index (χ1n) is 6.42. The molecule has 0 aliphatic carbocycles. The Kier molecular flexibility index (Phi) is 5.12. The number of carboxylic acid groups (broad SMARTS) is 1. The summed E-state index contributed by atoms with van der Waals surface area (Å²) < 4.78 is 9.37. The maximum absolute atomic E-state index is 11.1. The third-order valence-corrected chi connectivity index (χ3v) is 4.01. The summed E-state index contributed by atoms with van der Waals surface area (Å²) in [5.41, 5.74) is 0.879. The quantitative estimate of drug-likeness (QED) is 0.767. The van der Waals surface area contributed by atoms with Crippen LogP contribution in [-0.4, -0.2) is 59.7 Å². The molecule has 0 unspecified atom stereocenters. The van der Waals surface area contributed by atoms with Gasteiger partial charge in [-0.1, -0.05) is 0 Å². The highest BCUT2D eigenvalue weighted by atomic mass is 32.1. The molecule has 1 fully saturated rings. The van der Waals surface area contributed by atoms with Crippen molar-refractivity contribution in [2.75, 3.05) is 44.7 Å². The second kappa shape index (κ2) is 6.83. The van der Waals surface area contributed by atoms with Crippen molar-refractivity contribution in [1.82, 2.24) is 9.27 Å². The number of morpholine rings is 1. The highest BCUT2D eigenvalue weighted by Gasteiger charge is 2.17. The predicted octanol–water partition coefficient (Wildman–Crippen LogP) is 1.28. The first-order chi connectivity index (χ1) is 9.18. The summed E-state index contributed by atoms with van der Waals surface area (Å²) in [6, 6.07) is 0. The minimum absolute atomic E-state index is 0.302. The van der Waals surface area contributed by atoms with Gasteiger partial charge >= 0.3 is 5.97 Å². The summed E-state index contributed by atoms with van der Waals surface area (Å²) in [7, 11) is 0. The number of aromatic carboxylic acids is 1. The van der Waals surface area contributed by atoms with Gasteiger partial charge in [0.1, 0.15) is 10.6 Å². The van der Waals surface area contributed by atoms with Gasteiger partial charge in [-0.3, -0.25) is 4.90 Å². The van der Waals surface area contributed by atoms with Crippen LogP contribution in [0.1, 0.15) is 22.5 Å². The van der Waals surface area contributed by atoms with Crippen LogP contribution in [0, 0.1) is 6.92 Å². The maximum Gasteiger partial charge on any atom is 0.340 e. The zero-order valence-electron chi connectivity index (χ0n) is 11.0. The summed E-state index contributed by atoms with van der Waals surface area (Å²) in [4.78, 5) is 13.5. The average Bonchev–Trinajstić information content (AvgIpc) is 2.77. The van der Waals surface area contributed by atoms with Crippen LogP contribution in [0.2, 0.25) is 0 Å². The van der Waals surface area contributed by atoms with Gasteiger partial charge in [-0.15, -0.1) is 0 Å². The lowest BCUT2D eigenvalue weighted by Gasteiger charge is -2.26. The summed E-state index contributed by atoms with van der Waals surface area (Å²) >= 11 is 1.21. The Morgan fingerprint density at radius 1 is 1.53 bits per heavy atom. The van der Waals surface area contributed by atoms with E-state index in [-0.39, 0.29) is 0 Å². The fraction of sp³-hybridized carbons (Fsp3) is 0.667. The van der Waals surface area contributed by atoms with Crippen LogP contribution in [0.4, 0.5) is 5.00 Å². The Balaban J connectivity index is 1.75. The molecule has 0 saturated carbocycles. The van der Waals surface area contributed by atoms with Crippen molar-refractivity contribution in [3.63, 3.8) is 0 Å². The van der Waals surface area contributed by atoms with Gasteiger partial charge in [0.2, 0.25) is 0 Å². The van der Waals surface area contributed by atoms with Crippen molar-refractivity contribution in [2.24, 2.45) is 0 Å². The van der Waals surface area contributed by atoms with Gasteiger partial charge in [0.25, 0.3) is 0 Å². The highest BCUT2D eigenvalue weighted by molar-refractivity contribution is 7.10. The molecule has 0 radical (unpaired) electrons. The molecule has 2 N–H and O–H groups in total. The molecule has 1 aromatic heterocycles. The molecular weight excluding hydrogens is 266 g/mol. The van der Waals surface area contributed by atoms with Crippen molar-refractivity contribution in [2.45, 2.75) is 13.3 Å². The number of hydrogen-bond donors (Lipinski definition) is 2. The van der Waals surface area contributed by atoms with Crippen LogP contribution in [-0.2, 0) is 4.74 Å². The number of hydrogen-bond acceptors (Lipinski definition) is 6. The van der Waals surface area contributed by atoms with E-state index < -0.39 is 5.97 Å². The molecule has 2 rings (SSSR count). The van der Waals surface area contributed by atoms with Crippen molar-refractivity contribution in [3.05, 3.63) is 11.3 Å². The lowest BCUT2D eigenvalue weighted by molar-refractivity contribution is 0.0378. The summed E-state index contributed by atoms with van der Waals surface area (Å²) in [6.45, 7) is 7.09. The lowest BCUT2D eigenvalue weighted by Crippen LogP contribution is -2.37. The standard InChI is InChI=1S/C12H19N3O3S/c1-9-10(12(16)17)11(19-14-9)13-3-2-4-15-5-7-18-8-6-15/h13H,2-8H2,1H3,(H,16,17). The van der Waals surface area contributed by atoms with Crippen LogP contribution in [0.15, 0.2) is 0 Å². The lowest BCUT2D eigenvalue weighted by atomic mass is 10.2. The van der Waals surface area contributed by atoms with E-state index >= 15 is 0 Å². The summed E-state index contributed by atoms with van der Waals surface area (Å²) in [5.74, 6) is -0.915. The largest absolute Gasteiger partial charge is 0.478 e. The van der Waals surface area contributed by atoms with Gasteiger partial charge in [0, 0.05) is 19.6 Å². The summed E-state index contributed by atoms with van der Waals surface area (Å²) in [6.07, 6.45) is 0.982. The van der Waals surface area contributed by atoms with Gasteiger partial charge in [0.05, 0.1) is 18.9 Å². The molecule has 1 saturated heterocycles. The Morgan fingerprint density at radius 3 is 2.95 bits per heavy atom. The SMILES string of the molecule is Cc1nsc(NCCCN2CCOCC2)c1C(=O)O. The van der Waals surface area contributed by atoms with Crippen LogP contribution in [0.25, 0.3) is 0 Å². The van der Waals surface area contributed by atoms with E-state index in [1.54, 1.807) is 6.92 Å². The van der Waals surface area contributed by atoms with Gasteiger partial charge in [-0.2, -0.15) is 4.37 Å². The van der Waals surface area contributed by atoms with E-state index in [9.17, 15) is 4.79 Å². The fourth-order valence-corrected chi connectivity index (χ4v) is 2.88. The molecule has 1 aliphatic heterocycles. The van der Waals surface area contributed by atoms with E-state index in [1.165, 1.54) is 11.5 Å². The van der Waals surface area contributed by atoms with Gasteiger partial charge in [-0.25, -0.2) is 4.79 Å².